The van der Waals surface area contributed by atoms with Gasteiger partial charge in [0.05, 0.1) is 18.5 Å². The Balaban J connectivity index is 2.23. The molecule has 1 atom stereocenters. The average molecular weight is 197 g/mol. The van der Waals surface area contributed by atoms with Gasteiger partial charge in [0, 0.05) is 7.05 Å². The summed E-state index contributed by atoms with van der Waals surface area (Å²) in [6, 6.07) is 0. The Bertz CT molecular complexity index is 260. The third-order valence-corrected chi connectivity index (χ3v) is 2.06. The van der Waals surface area contributed by atoms with Crippen LogP contribution >= 0.6 is 0 Å². The van der Waals surface area contributed by atoms with Gasteiger partial charge in [-0.2, -0.15) is 5.10 Å². The zero-order chi connectivity index (χ0) is 10.4. The van der Waals surface area contributed by atoms with Gasteiger partial charge in [0.1, 0.15) is 0 Å². The minimum atomic E-state index is 0.257. The largest absolute Gasteiger partial charge is 0.487 e. The Morgan fingerprint density at radius 2 is 2.43 bits per heavy atom. The summed E-state index contributed by atoms with van der Waals surface area (Å²) in [5.41, 5.74) is 0. The minimum absolute atomic E-state index is 0.257. The molecule has 0 amide bonds. The van der Waals surface area contributed by atoms with Gasteiger partial charge in [-0.15, -0.1) is 0 Å². The first-order chi connectivity index (χ1) is 6.72. The van der Waals surface area contributed by atoms with E-state index in [4.69, 9.17) is 4.74 Å². The van der Waals surface area contributed by atoms with Crippen LogP contribution in [0.15, 0.2) is 12.4 Å². The molecule has 4 heteroatoms. The van der Waals surface area contributed by atoms with Gasteiger partial charge in [-0.25, -0.2) is 0 Å². The molecular weight excluding hydrogens is 178 g/mol. The topological polar surface area (TPSA) is 39.1 Å². The van der Waals surface area contributed by atoms with Crippen molar-refractivity contribution in [3.05, 3.63) is 12.4 Å². The second-order valence-electron chi connectivity index (χ2n) is 3.52. The van der Waals surface area contributed by atoms with Crippen LogP contribution in [0, 0.1) is 0 Å². The fraction of sp³-hybridized carbons (Fsp3) is 0.700. The zero-order valence-electron chi connectivity index (χ0n) is 9.16. The van der Waals surface area contributed by atoms with Gasteiger partial charge in [-0.3, -0.25) is 4.68 Å². The Morgan fingerprint density at radius 3 is 3.00 bits per heavy atom. The van der Waals surface area contributed by atoms with Crippen molar-refractivity contribution in [2.24, 2.45) is 7.05 Å². The molecule has 0 fully saturated rings. The van der Waals surface area contributed by atoms with E-state index in [1.54, 1.807) is 10.9 Å². The van der Waals surface area contributed by atoms with Crippen molar-refractivity contribution < 1.29 is 4.74 Å². The molecule has 0 aliphatic heterocycles. The lowest BCUT2D eigenvalue weighted by Crippen LogP contribution is -2.15. The molecule has 0 aromatic carbocycles. The molecule has 0 saturated heterocycles. The van der Waals surface area contributed by atoms with E-state index in [0.29, 0.717) is 0 Å². The molecule has 0 aliphatic rings. The molecule has 0 aliphatic carbocycles. The zero-order valence-corrected chi connectivity index (χ0v) is 9.16. The Kier molecular flexibility index (Phi) is 4.46. The molecule has 1 aromatic heterocycles. The number of nitrogens with one attached hydrogen (secondary N) is 1. The molecule has 1 N–H and O–H groups in total. The first-order valence-corrected chi connectivity index (χ1v) is 5.02. The van der Waals surface area contributed by atoms with E-state index in [1.165, 1.54) is 0 Å². The van der Waals surface area contributed by atoms with Crippen LogP contribution in [-0.4, -0.2) is 29.5 Å². The standard InChI is InChI=1S/C10H19N3O/c1-9(5-4-6-11-2)14-10-7-12-13(3)8-10/h7-9,11H,4-6H2,1-3H3. The van der Waals surface area contributed by atoms with E-state index in [1.807, 2.05) is 20.3 Å². The van der Waals surface area contributed by atoms with Gasteiger partial charge in [0.15, 0.2) is 5.75 Å². The van der Waals surface area contributed by atoms with Crippen molar-refractivity contribution in [3.8, 4) is 5.75 Å². The number of nitrogens with zero attached hydrogens (tertiary/aromatic N) is 2. The second kappa shape index (κ2) is 5.65. The van der Waals surface area contributed by atoms with Crippen molar-refractivity contribution in [2.75, 3.05) is 13.6 Å². The number of ether oxygens (including phenoxy) is 1. The van der Waals surface area contributed by atoms with Crippen LogP contribution in [0.5, 0.6) is 5.75 Å². The lowest BCUT2D eigenvalue weighted by Gasteiger charge is -2.12. The predicted octanol–water partition coefficient (Wildman–Crippen LogP) is 1.19. The molecule has 4 nitrogen and oxygen atoms in total. The highest BCUT2D eigenvalue weighted by Crippen LogP contribution is 2.11. The maximum Gasteiger partial charge on any atom is 0.157 e. The average Bonchev–Trinajstić information content (AvgIpc) is 2.52. The molecule has 80 valence electrons. The van der Waals surface area contributed by atoms with Crippen LogP contribution < -0.4 is 10.1 Å². The minimum Gasteiger partial charge on any atom is -0.487 e. The molecule has 0 spiro atoms. The second-order valence-corrected chi connectivity index (χ2v) is 3.52. The third kappa shape index (κ3) is 3.79. The van der Waals surface area contributed by atoms with Crippen LogP contribution in [0.1, 0.15) is 19.8 Å². The normalized spacial score (nSPS) is 12.8. The Hall–Kier alpha value is -1.03. The van der Waals surface area contributed by atoms with Gasteiger partial charge in [0.25, 0.3) is 0 Å². The molecule has 1 rings (SSSR count). The summed E-state index contributed by atoms with van der Waals surface area (Å²) < 4.78 is 7.42. The van der Waals surface area contributed by atoms with E-state index < -0.39 is 0 Å². The highest BCUT2D eigenvalue weighted by Gasteiger charge is 2.04. The van der Waals surface area contributed by atoms with Crippen LogP contribution in [0.4, 0.5) is 0 Å². The first-order valence-electron chi connectivity index (χ1n) is 5.02. The van der Waals surface area contributed by atoms with Crippen molar-refractivity contribution in [3.63, 3.8) is 0 Å². The van der Waals surface area contributed by atoms with Crippen LogP contribution in [-0.2, 0) is 7.05 Å². The Labute approximate surface area is 85.3 Å². The third-order valence-electron chi connectivity index (χ3n) is 2.06. The van der Waals surface area contributed by atoms with Crippen LogP contribution in [0.2, 0.25) is 0 Å². The fourth-order valence-electron chi connectivity index (χ4n) is 1.32. The molecule has 0 radical (unpaired) electrons. The summed E-state index contributed by atoms with van der Waals surface area (Å²) >= 11 is 0. The summed E-state index contributed by atoms with van der Waals surface area (Å²) in [7, 11) is 3.85. The number of hydrogen-bond donors (Lipinski definition) is 1. The molecule has 1 aromatic rings. The van der Waals surface area contributed by atoms with Gasteiger partial charge < -0.3 is 10.1 Å². The highest BCUT2D eigenvalue weighted by molar-refractivity contribution is 5.11. The number of rotatable bonds is 6. The van der Waals surface area contributed by atoms with Crippen molar-refractivity contribution >= 4 is 0 Å². The number of aromatic nitrogens is 2. The quantitative estimate of drug-likeness (QED) is 0.696. The van der Waals surface area contributed by atoms with Gasteiger partial charge >= 0.3 is 0 Å². The summed E-state index contributed by atoms with van der Waals surface area (Å²) in [6.45, 7) is 3.13. The lowest BCUT2D eigenvalue weighted by molar-refractivity contribution is 0.207. The van der Waals surface area contributed by atoms with Gasteiger partial charge in [0.2, 0.25) is 0 Å². The van der Waals surface area contributed by atoms with E-state index in [-0.39, 0.29) is 6.10 Å². The summed E-state index contributed by atoms with van der Waals surface area (Å²) in [4.78, 5) is 0. The molecule has 1 heterocycles. The fourth-order valence-corrected chi connectivity index (χ4v) is 1.32. The monoisotopic (exact) mass is 197 g/mol. The maximum absolute atomic E-state index is 5.67. The van der Waals surface area contributed by atoms with Crippen LogP contribution in [0.3, 0.4) is 0 Å². The van der Waals surface area contributed by atoms with E-state index in [2.05, 4.69) is 17.3 Å². The molecular formula is C10H19N3O. The molecule has 14 heavy (non-hydrogen) atoms. The smallest absolute Gasteiger partial charge is 0.157 e. The van der Waals surface area contributed by atoms with Crippen molar-refractivity contribution in [1.82, 2.24) is 15.1 Å². The molecule has 1 unspecified atom stereocenters. The van der Waals surface area contributed by atoms with E-state index in [0.717, 1.165) is 25.1 Å². The molecule has 0 bridgehead atoms. The summed E-state index contributed by atoms with van der Waals surface area (Å²) in [6.07, 6.45) is 6.09. The van der Waals surface area contributed by atoms with Gasteiger partial charge in [-0.05, 0) is 33.4 Å². The predicted molar refractivity (Wildman–Crippen MR) is 56.5 cm³/mol. The van der Waals surface area contributed by atoms with Gasteiger partial charge in [-0.1, -0.05) is 0 Å². The van der Waals surface area contributed by atoms with E-state index >= 15 is 0 Å². The molecule has 0 saturated carbocycles. The summed E-state index contributed by atoms with van der Waals surface area (Å²) in [5.74, 6) is 0.851. The Morgan fingerprint density at radius 1 is 1.64 bits per heavy atom. The number of hydrogen-bond acceptors (Lipinski definition) is 3. The van der Waals surface area contributed by atoms with Crippen molar-refractivity contribution in [2.45, 2.75) is 25.9 Å². The lowest BCUT2D eigenvalue weighted by atomic mass is 10.2. The first kappa shape index (κ1) is 11.0. The summed E-state index contributed by atoms with van der Waals surface area (Å²) in [5, 5.41) is 7.16. The number of aryl methyl sites for hydroxylation is 1. The van der Waals surface area contributed by atoms with E-state index in [9.17, 15) is 0 Å². The van der Waals surface area contributed by atoms with Crippen molar-refractivity contribution in [1.29, 1.82) is 0 Å². The van der Waals surface area contributed by atoms with Crippen LogP contribution in [0.25, 0.3) is 0 Å². The maximum atomic E-state index is 5.67. The SMILES string of the molecule is CNCCCC(C)Oc1cnn(C)c1. The highest BCUT2D eigenvalue weighted by atomic mass is 16.5.